The lowest BCUT2D eigenvalue weighted by molar-refractivity contribution is 0.392. The van der Waals surface area contributed by atoms with Crippen molar-refractivity contribution in [3.8, 4) is 0 Å². The number of benzene rings is 1. The van der Waals surface area contributed by atoms with Crippen LogP contribution < -0.4 is 11.1 Å². The van der Waals surface area contributed by atoms with Crippen LogP contribution in [0.1, 0.15) is 6.92 Å². The first-order valence-corrected chi connectivity index (χ1v) is 5.85. The maximum absolute atomic E-state index is 13.1. The molecule has 90 valence electrons. The molecule has 1 rings (SSSR count). The van der Waals surface area contributed by atoms with E-state index in [1.54, 1.807) is 6.07 Å². The number of halogens is 2. The second-order valence-corrected chi connectivity index (χ2v) is 5.02. The maximum Gasteiger partial charge on any atom is 0.139 e. The van der Waals surface area contributed by atoms with Gasteiger partial charge in [-0.15, -0.1) is 0 Å². The Balaban J connectivity index is 2.77. The number of nitrogens with zero attached hydrogens (tertiary/aromatic N) is 1. The Hall–Kier alpha value is -0.810. The summed E-state index contributed by atoms with van der Waals surface area (Å²) >= 11 is 3.14. The first-order valence-electron chi connectivity index (χ1n) is 5.06. The fraction of sp³-hybridized carbons (Fsp3) is 0.455. The van der Waals surface area contributed by atoms with Crippen molar-refractivity contribution in [3.63, 3.8) is 0 Å². The highest BCUT2D eigenvalue weighted by Gasteiger charge is 2.09. The Morgan fingerprint density at radius 3 is 2.69 bits per heavy atom. The number of anilines is 2. The van der Waals surface area contributed by atoms with Gasteiger partial charge in [0.1, 0.15) is 5.82 Å². The van der Waals surface area contributed by atoms with Crippen LogP contribution in [0.3, 0.4) is 0 Å². The van der Waals surface area contributed by atoms with Crippen LogP contribution in [0.15, 0.2) is 16.6 Å². The molecule has 0 aliphatic rings. The van der Waals surface area contributed by atoms with Crippen molar-refractivity contribution < 1.29 is 4.39 Å². The molecule has 0 fully saturated rings. The van der Waals surface area contributed by atoms with Gasteiger partial charge in [-0.25, -0.2) is 4.39 Å². The SMILES string of the molecule is CC(CN(C)C)Nc1cc(Br)c(F)cc1N. The van der Waals surface area contributed by atoms with Crippen molar-refractivity contribution in [2.45, 2.75) is 13.0 Å². The molecule has 0 aromatic heterocycles. The van der Waals surface area contributed by atoms with E-state index in [9.17, 15) is 4.39 Å². The molecule has 0 aliphatic carbocycles. The number of hydrogen-bond acceptors (Lipinski definition) is 3. The standard InChI is InChI=1S/C11H17BrFN3/c1-7(6-16(2)3)15-11-4-8(12)9(13)5-10(11)14/h4-5,7,15H,6,14H2,1-3H3. The molecule has 1 atom stereocenters. The zero-order chi connectivity index (χ0) is 12.3. The summed E-state index contributed by atoms with van der Waals surface area (Å²) in [5.41, 5.74) is 6.91. The molecule has 0 radical (unpaired) electrons. The molecular formula is C11H17BrFN3. The molecule has 3 nitrogen and oxygen atoms in total. The quantitative estimate of drug-likeness (QED) is 0.837. The lowest BCUT2D eigenvalue weighted by Gasteiger charge is -2.20. The van der Waals surface area contributed by atoms with Gasteiger partial charge in [0.15, 0.2) is 0 Å². The van der Waals surface area contributed by atoms with E-state index in [4.69, 9.17) is 5.73 Å². The highest BCUT2D eigenvalue weighted by atomic mass is 79.9. The van der Waals surface area contributed by atoms with Gasteiger partial charge >= 0.3 is 0 Å². The molecule has 5 heteroatoms. The van der Waals surface area contributed by atoms with Crippen LogP contribution in [0, 0.1) is 5.82 Å². The number of nitrogen functional groups attached to an aromatic ring is 1. The van der Waals surface area contributed by atoms with Crippen molar-refractivity contribution in [2.75, 3.05) is 31.7 Å². The summed E-state index contributed by atoms with van der Waals surface area (Å²) < 4.78 is 13.6. The molecule has 1 unspecified atom stereocenters. The molecule has 0 amide bonds. The third-order valence-electron chi connectivity index (χ3n) is 2.13. The highest BCUT2D eigenvalue weighted by molar-refractivity contribution is 9.10. The fourth-order valence-corrected chi connectivity index (χ4v) is 1.89. The molecule has 0 aliphatic heterocycles. The number of likely N-dealkylation sites (N-methyl/N-ethyl adjacent to an activating group) is 1. The first-order chi connectivity index (χ1) is 7.40. The monoisotopic (exact) mass is 289 g/mol. The van der Waals surface area contributed by atoms with Crippen molar-refractivity contribution in [1.29, 1.82) is 0 Å². The Labute approximate surface area is 104 Å². The smallest absolute Gasteiger partial charge is 0.139 e. The molecule has 0 saturated carbocycles. The summed E-state index contributed by atoms with van der Waals surface area (Å²) in [6.07, 6.45) is 0. The van der Waals surface area contributed by atoms with Gasteiger partial charge < -0.3 is 16.0 Å². The zero-order valence-electron chi connectivity index (χ0n) is 9.72. The van der Waals surface area contributed by atoms with Crippen molar-refractivity contribution in [1.82, 2.24) is 4.90 Å². The Morgan fingerprint density at radius 1 is 1.50 bits per heavy atom. The molecular weight excluding hydrogens is 273 g/mol. The van der Waals surface area contributed by atoms with Crippen molar-refractivity contribution in [3.05, 3.63) is 22.4 Å². The van der Waals surface area contributed by atoms with Crippen LogP contribution in [0.25, 0.3) is 0 Å². The summed E-state index contributed by atoms with van der Waals surface area (Å²) in [6.45, 7) is 2.94. The summed E-state index contributed by atoms with van der Waals surface area (Å²) in [5, 5.41) is 3.25. The minimum Gasteiger partial charge on any atom is -0.397 e. The average Bonchev–Trinajstić information content (AvgIpc) is 2.12. The minimum atomic E-state index is -0.344. The summed E-state index contributed by atoms with van der Waals surface area (Å²) in [5.74, 6) is -0.344. The molecule has 3 N–H and O–H groups in total. The highest BCUT2D eigenvalue weighted by Crippen LogP contribution is 2.27. The van der Waals surface area contributed by atoms with E-state index in [1.165, 1.54) is 6.07 Å². The van der Waals surface area contributed by atoms with E-state index in [0.29, 0.717) is 10.2 Å². The second-order valence-electron chi connectivity index (χ2n) is 4.16. The third kappa shape index (κ3) is 3.64. The van der Waals surface area contributed by atoms with E-state index in [1.807, 2.05) is 14.1 Å². The van der Waals surface area contributed by atoms with Gasteiger partial charge in [0, 0.05) is 18.7 Å². The van der Waals surface area contributed by atoms with Crippen molar-refractivity contribution in [2.24, 2.45) is 0 Å². The summed E-state index contributed by atoms with van der Waals surface area (Å²) in [4.78, 5) is 2.08. The van der Waals surface area contributed by atoms with E-state index in [-0.39, 0.29) is 11.9 Å². The van der Waals surface area contributed by atoms with Gasteiger partial charge in [-0.1, -0.05) is 0 Å². The molecule has 0 saturated heterocycles. The second kappa shape index (κ2) is 5.50. The third-order valence-corrected chi connectivity index (χ3v) is 2.74. The Bertz CT molecular complexity index is 368. The van der Waals surface area contributed by atoms with Crippen molar-refractivity contribution >= 4 is 27.3 Å². The molecule has 16 heavy (non-hydrogen) atoms. The topological polar surface area (TPSA) is 41.3 Å². The normalized spacial score (nSPS) is 12.9. The Kier molecular flexibility index (Phi) is 4.56. The van der Waals surface area contributed by atoms with Crippen LogP contribution in [0.2, 0.25) is 0 Å². The maximum atomic E-state index is 13.1. The van der Waals surface area contributed by atoms with Crippen LogP contribution >= 0.6 is 15.9 Å². The van der Waals surface area contributed by atoms with E-state index >= 15 is 0 Å². The minimum absolute atomic E-state index is 0.245. The van der Waals surface area contributed by atoms with E-state index in [0.717, 1.165) is 12.2 Å². The summed E-state index contributed by atoms with van der Waals surface area (Å²) in [6, 6.07) is 3.22. The molecule has 0 heterocycles. The first kappa shape index (κ1) is 13.3. The van der Waals surface area contributed by atoms with Crippen LogP contribution in [-0.2, 0) is 0 Å². The lowest BCUT2D eigenvalue weighted by atomic mass is 10.2. The fourth-order valence-electron chi connectivity index (χ4n) is 1.55. The molecule has 0 spiro atoms. The van der Waals surface area contributed by atoms with E-state index in [2.05, 4.69) is 33.1 Å². The number of hydrogen-bond donors (Lipinski definition) is 2. The van der Waals surface area contributed by atoms with Gasteiger partial charge in [-0.3, -0.25) is 0 Å². The molecule has 0 bridgehead atoms. The van der Waals surface area contributed by atoms with Crippen LogP contribution in [0.4, 0.5) is 15.8 Å². The summed E-state index contributed by atoms with van der Waals surface area (Å²) in [7, 11) is 4.00. The predicted molar refractivity (Wildman–Crippen MR) is 70.2 cm³/mol. The van der Waals surface area contributed by atoms with Crippen LogP contribution in [0.5, 0.6) is 0 Å². The largest absolute Gasteiger partial charge is 0.397 e. The van der Waals surface area contributed by atoms with Gasteiger partial charge in [-0.05, 0) is 43.0 Å². The predicted octanol–water partition coefficient (Wildman–Crippen LogP) is 2.53. The number of rotatable bonds is 4. The van der Waals surface area contributed by atoms with Gasteiger partial charge in [0.05, 0.1) is 15.8 Å². The van der Waals surface area contributed by atoms with Gasteiger partial charge in [0.25, 0.3) is 0 Å². The molecule has 1 aromatic carbocycles. The number of nitrogens with two attached hydrogens (primary N) is 1. The molecule has 1 aromatic rings. The lowest BCUT2D eigenvalue weighted by Crippen LogP contribution is -2.29. The number of nitrogens with one attached hydrogen (secondary N) is 1. The average molecular weight is 290 g/mol. The van der Waals surface area contributed by atoms with Gasteiger partial charge in [0.2, 0.25) is 0 Å². The Morgan fingerprint density at radius 2 is 2.12 bits per heavy atom. The van der Waals surface area contributed by atoms with Crippen LogP contribution in [-0.4, -0.2) is 31.6 Å². The van der Waals surface area contributed by atoms with Gasteiger partial charge in [-0.2, -0.15) is 0 Å². The van der Waals surface area contributed by atoms with E-state index < -0.39 is 0 Å². The zero-order valence-corrected chi connectivity index (χ0v) is 11.3.